The lowest BCUT2D eigenvalue weighted by atomic mass is 9.99. The zero-order valence-corrected chi connectivity index (χ0v) is 15.4. The molecule has 1 aliphatic rings. The van der Waals surface area contributed by atoms with Crippen LogP contribution in [0.3, 0.4) is 0 Å². The molecule has 1 aromatic carbocycles. The highest BCUT2D eigenvalue weighted by Gasteiger charge is 2.16. The molecule has 26 heavy (non-hydrogen) atoms. The average molecular weight is 352 g/mol. The lowest BCUT2D eigenvalue weighted by Crippen LogP contribution is -2.36. The molecule has 138 valence electrons. The average Bonchev–Trinajstić information content (AvgIpc) is 2.68. The van der Waals surface area contributed by atoms with Gasteiger partial charge in [-0.1, -0.05) is 43.3 Å². The Bertz CT molecular complexity index is 679. The summed E-state index contributed by atoms with van der Waals surface area (Å²) in [5, 5.41) is 5.78. The molecule has 1 aromatic heterocycles. The van der Waals surface area contributed by atoms with Gasteiger partial charge in [-0.05, 0) is 42.4 Å². The molecular formula is C21H28N4O. The second-order valence-electron chi connectivity index (χ2n) is 7.04. The monoisotopic (exact) mass is 352 g/mol. The van der Waals surface area contributed by atoms with E-state index in [0.29, 0.717) is 13.1 Å². The third-order valence-corrected chi connectivity index (χ3v) is 4.91. The molecule has 0 atom stereocenters. The highest BCUT2D eigenvalue weighted by atomic mass is 16.2. The van der Waals surface area contributed by atoms with Gasteiger partial charge in [-0.25, -0.2) is 9.78 Å². The summed E-state index contributed by atoms with van der Waals surface area (Å²) in [6.07, 6.45) is 5.15. The fourth-order valence-corrected chi connectivity index (χ4v) is 3.16. The van der Waals surface area contributed by atoms with Gasteiger partial charge >= 0.3 is 6.03 Å². The van der Waals surface area contributed by atoms with Gasteiger partial charge in [-0.3, -0.25) is 0 Å². The van der Waals surface area contributed by atoms with E-state index in [2.05, 4.69) is 45.6 Å². The molecule has 0 saturated carbocycles. The molecule has 5 heteroatoms. The number of piperidine rings is 1. The summed E-state index contributed by atoms with van der Waals surface area (Å²) in [5.74, 6) is 1.85. The lowest BCUT2D eigenvalue weighted by molar-refractivity contribution is 0.240. The number of benzene rings is 1. The summed E-state index contributed by atoms with van der Waals surface area (Å²) < 4.78 is 0. The first-order valence-corrected chi connectivity index (χ1v) is 9.46. The highest BCUT2D eigenvalue weighted by Crippen LogP contribution is 2.21. The first-order chi connectivity index (χ1) is 12.7. The number of anilines is 1. The number of hydrogen-bond donors (Lipinski definition) is 2. The fourth-order valence-electron chi connectivity index (χ4n) is 3.16. The van der Waals surface area contributed by atoms with E-state index in [1.807, 2.05) is 30.5 Å². The van der Waals surface area contributed by atoms with Crippen molar-refractivity contribution in [2.75, 3.05) is 24.5 Å². The summed E-state index contributed by atoms with van der Waals surface area (Å²) in [4.78, 5) is 18.8. The van der Waals surface area contributed by atoms with Crippen molar-refractivity contribution in [2.24, 2.45) is 5.92 Å². The Morgan fingerprint density at radius 1 is 1.08 bits per heavy atom. The summed E-state index contributed by atoms with van der Waals surface area (Å²) in [6, 6.07) is 14.1. The number of amides is 2. The number of urea groups is 1. The maximum Gasteiger partial charge on any atom is 0.315 e. The van der Waals surface area contributed by atoms with Gasteiger partial charge in [-0.15, -0.1) is 0 Å². The van der Waals surface area contributed by atoms with Crippen LogP contribution in [0.2, 0.25) is 0 Å². The van der Waals surface area contributed by atoms with Crippen molar-refractivity contribution in [1.82, 2.24) is 15.6 Å². The maximum absolute atomic E-state index is 11.9. The summed E-state index contributed by atoms with van der Waals surface area (Å²) >= 11 is 0. The third-order valence-electron chi connectivity index (χ3n) is 4.91. The van der Waals surface area contributed by atoms with Gasteiger partial charge in [0.25, 0.3) is 0 Å². The Kier molecular flexibility index (Phi) is 6.47. The molecule has 1 aliphatic heterocycles. The quantitative estimate of drug-likeness (QED) is 0.838. The molecule has 0 radical (unpaired) electrons. The van der Waals surface area contributed by atoms with Crippen LogP contribution in [0.25, 0.3) is 0 Å². The van der Waals surface area contributed by atoms with E-state index >= 15 is 0 Å². The molecule has 0 spiro atoms. The minimum Gasteiger partial charge on any atom is -0.357 e. The van der Waals surface area contributed by atoms with Crippen LogP contribution >= 0.6 is 0 Å². The van der Waals surface area contributed by atoms with Crippen LogP contribution in [-0.2, 0) is 13.0 Å². The van der Waals surface area contributed by atoms with Crippen LogP contribution in [0.5, 0.6) is 0 Å². The molecule has 0 bridgehead atoms. The van der Waals surface area contributed by atoms with Crippen molar-refractivity contribution in [3.8, 4) is 0 Å². The van der Waals surface area contributed by atoms with Crippen molar-refractivity contribution in [3.63, 3.8) is 0 Å². The number of hydrogen-bond acceptors (Lipinski definition) is 3. The van der Waals surface area contributed by atoms with Gasteiger partial charge in [0.2, 0.25) is 0 Å². The van der Waals surface area contributed by atoms with Crippen LogP contribution in [0.4, 0.5) is 10.6 Å². The van der Waals surface area contributed by atoms with E-state index < -0.39 is 0 Å². The van der Waals surface area contributed by atoms with E-state index in [9.17, 15) is 4.79 Å². The first kappa shape index (κ1) is 18.2. The molecule has 1 fully saturated rings. The minimum absolute atomic E-state index is 0.143. The van der Waals surface area contributed by atoms with E-state index in [0.717, 1.165) is 36.8 Å². The van der Waals surface area contributed by atoms with E-state index in [4.69, 9.17) is 0 Å². The Balaban J connectivity index is 1.38. The third kappa shape index (κ3) is 5.48. The molecule has 0 unspecified atom stereocenters. The fraction of sp³-hybridized carbons (Fsp3) is 0.429. The number of carbonyl (C=O) groups is 1. The number of carbonyl (C=O) groups excluding carboxylic acids is 1. The van der Waals surface area contributed by atoms with Crippen LogP contribution in [-0.4, -0.2) is 30.6 Å². The molecule has 2 amide bonds. The Labute approximate surface area is 155 Å². The molecule has 5 nitrogen and oxygen atoms in total. The Morgan fingerprint density at radius 2 is 1.85 bits per heavy atom. The van der Waals surface area contributed by atoms with Crippen LogP contribution in [0, 0.1) is 5.92 Å². The van der Waals surface area contributed by atoms with Gasteiger partial charge in [0.05, 0.1) is 0 Å². The van der Waals surface area contributed by atoms with Crippen molar-refractivity contribution in [2.45, 2.75) is 32.7 Å². The zero-order valence-electron chi connectivity index (χ0n) is 15.4. The second kappa shape index (κ2) is 9.22. The molecule has 2 N–H and O–H groups in total. The summed E-state index contributed by atoms with van der Waals surface area (Å²) in [6.45, 7) is 5.58. The maximum atomic E-state index is 11.9. The smallest absolute Gasteiger partial charge is 0.315 e. The van der Waals surface area contributed by atoms with E-state index in [1.165, 1.54) is 18.4 Å². The van der Waals surface area contributed by atoms with E-state index in [-0.39, 0.29) is 6.03 Å². The van der Waals surface area contributed by atoms with Crippen LogP contribution in [0.1, 0.15) is 30.9 Å². The number of pyridine rings is 1. The van der Waals surface area contributed by atoms with Crippen molar-refractivity contribution < 1.29 is 4.79 Å². The van der Waals surface area contributed by atoms with Gasteiger partial charge in [0.15, 0.2) is 0 Å². The van der Waals surface area contributed by atoms with Crippen LogP contribution in [0.15, 0.2) is 48.7 Å². The van der Waals surface area contributed by atoms with Gasteiger partial charge in [0, 0.05) is 32.4 Å². The predicted molar refractivity (Wildman–Crippen MR) is 105 cm³/mol. The summed E-state index contributed by atoms with van der Waals surface area (Å²) in [5.41, 5.74) is 2.23. The first-order valence-electron chi connectivity index (χ1n) is 9.46. The molecular weight excluding hydrogens is 324 g/mol. The molecule has 2 heterocycles. The SMILES string of the molecule is CC1CCN(c2ccc(CNC(=O)NCCc3ccccc3)cn2)CC1. The van der Waals surface area contributed by atoms with Crippen LogP contribution < -0.4 is 15.5 Å². The molecule has 2 aromatic rings. The molecule has 0 aliphatic carbocycles. The number of nitrogens with zero attached hydrogens (tertiary/aromatic N) is 2. The number of aromatic nitrogens is 1. The molecule has 3 rings (SSSR count). The number of nitrogens with one attached hydrogen (secondary N) is 2. The molecule has 1 saturated heterocycles. The highest BCUT2D eigenvalue weighted by molar-refractivity contribution is 5.73. The van der Waals surface area contributed by atoms with Crippen molar-refractivity contribution >= 4 is 11.8 Å². The van der Waals surface area contributed by atoms with Crippen molar-refractivity contribution in [3.05, 3.63) is 59.8 Å². The lowest BCUT2D eigenvalue weighted by Gasteiger charge is -2.31. The largest absolute Gasteiger partial charge is 0.357 e. The number of rotatable bonds is 6. The zero-order chi connectivity index (χ0) is 18.2. The minimum atomic E-state index is -0.143. The topological polar surface area (TPSA) is 57.3 Å². The predicted octanol–water partition coefficient (Wildman–Crippen LogP) is 3.36. The second-order valence-corrected chi connectivity index (χ2v) is 7.04. The van der Waals surface area contributed by atoms with Gasteiger partial charge < -0.3 is 15.5 Å². The Morgan fingerprint density at radius 3 is 2.54 bits per heavy atom. The van der Waals surface area contributed by atoms with Gasteiger partial charge in [-0.2, -0.15) is 0 Å². The standard InChI is InChI=1S/C21H28N4O/c1-17-10-13-25(14-11-17)20-8-7-19(15-23-20)16-24-21(26)22-12-9-18-5-3-2-4-6-18/h2-8,15,17H,9-14,16H2,1H3,(H2,22,24,26). The van der Waals surface area contributed by atoms with E-state index in [1.54, 1.807) is 0 Å². The normalized spacial score (nSPS) is 14.9. The Hall–Kier alpha value is -2.56. The van der Waals surface area contributed by atoms with Crippen molar-refractivity contribution in [1.29, 1.82) is 0 Å². The van der Waals surface area contributed by atoms with Gasteiger partial charge in [0.1, 0.15) is 5.82 Å². The summed E-state index contributed by atoms with van der Waals surface area (Å²) in [7, 11) is 0.